The minimum atomic E-state index is -0.324. The highest BCUT2D eigenvalue weighted by Gasteiger charge is 2.09. The van der Waals surface area contributed by atoms with E-state index in [9.17, 15) is 5.11 Å². The van der Waals surface area contributed by atoms with Crippen LogP contribution in [0.15, 0.2) is 30.3 Å². The van der Waals surface area contributed by atoms with Crippen LogP contribution < -0.4 is 10.2 Å². The Morgan fingerprint density at radius 3 is 2.53 bits per heavy atom. The van der Waals surface area contributed by atoms with Crippen molar-refractivity contribution in [2.24, 2.45) is 0 Å². The second kappa shape index (κ2) is 6.43. The van der Waals surface area contributed by atoms with Crippen LogP contribution in [0.5, 0.6) is 0 Å². The number of aliphatic hydroxyl groups is 1. The van der Waals surface area contributed by atoms with Crippen molar-refractivity contribution in [1.82, 2.24) is 5.32 Å². The van der Waals surface area contributed by atoms with Crippen molar-refractivity contribution >= 4 is 5.69 Å². The number of likely N-dealkylation sites (N-methyl/N-ethyl adjacent to an activating group) is 2. The Bertz CT molecular complexity index is 264. The molecule has 0 fully saturated rings. The zero-order chi connectivity index (χ0) is 11.1. The van der Waals surface area contributed by atoms with Gasteiger partial charge in [-0.05, 0) is 26.1 Å². The number of benzene rings is 1. The second-order valence-electron chi connectivity index (χ2n) is 3.59. The number of anilines is 1. The molecule has 0 radical (unpaired) electrons. The summed E-state index contributed by atoms with van der Waals surface area (Å²) in [7, 11) is 1.85. The molecule has 1 aromatic rings. The summed E-state index contributed by atoms with van der Waals surface area (Å²) in [6.07, 6.45) is -0.324. The van der Waals surface area contributed by atoms with Crippen LogP contribution >= 0.6 is 0 Å². The highest BCUT2D eigenvalue weighted by Crippen LogP contribution is 2.12. The molecule has 0 aliphatic heterocycles. The molecule has 0 bridgehead atoms. The first kappa shape index (κ1) is 12.0. The number of nitrogens with one attached hydrogen (secondary N) is 1. The fraction of sp³-hybridized carbons (Fsp3) is 0.500. The highest BCUT2D eigenvalue weighted by molar-refractivity contribution is 5.45. The molecule has 1 atom stereocenters. The van der Waals surface area contributed by atoms with Gasteiger partial charge in [-0.15, -0.1) is 0 Å². The SMILES string of the molecule is CCN(CC(O)CNC)c1ccccc1. The molecule has 0 amide bonds. The lowest BCUT2D eigenvalue weighted by molar-refractivity contribution is 0.180. The number of hydrogen-bond donors (Lipinski definition) is 2. The molecular weight excluding hydrogens is 188 g/mol. The summed E-state index contributed by atoms with van der Waals surface area (Å²) in [5, 5.41) is 12.7. The second-order valence-corrected chi connectivity index (χ2v) is 3.59. The highest BCUT2D eigenvalue weighted by atomic mass is 16.3. The Morgan fingerprint density at radius 1 is 1.33 bits per heavy atom. The summed E-state index contributed by atoms with van der Waals surface area (Å²) >= 11 is 0. The fourth-order valence-corrected chi connectivity index (χ4v) is 1.61. The third kappa shape index (κ3) is 3.90. The third-order valence-corrected chi connectivity index (χ3v) is 2.37. The Hall–Kier alpha value is -1.06. The molecule has 15 heavy (non-hydrogen) atoms. The Morgan fingerprint density at radius 2 is 2.00 bits per heavy atom. The van der Waals surface area contributed by atoms with Crippen LogP contribution in [-0.2, 0) is 0 Å². The van der Waals surface area contributed by atoms with Crippen molar-refractivity contribution < 1.29 is 5.11 Å². The van der Waals surface area contributed by atoms with Crippen molar-refractivity contribution in [2.75, 3.05) is 31.6 Å². The monoisotopic (exact) mass is 208 g/mol. The van der Waals surface area contributed by atoms with Gasteiger partial charge in [0.25, 0.3) is 0 Å². The van der Waals surface area contributed by atoms with Gasteiger partial charge in [0, 0.05) is 25.3 Å². The van der Waals surface area contributed by atoms with E-state index in [0.717, 1.165) is 12.2 Å². The summed E-state index contributed by atoms with van der Waals surface area (Å²) in [6.45, 7) is 4.30. The van der Waals surface area contributed by atoms with Gasteiger partial charge in [-0.25, -0.2) is 0 Å². The van der Waals surface area contributed by atoms with E-state index in [-0.39, 0.29) is 6.10 Å². The third-order valence-electron chi connectivity index (χ3n) is 2.37. The van der Waals surface area contributed by atoms with Crippen molar-refractivity contribution in [3.8, 4) is 0 Å². The van der Waals surface area contributed by atoms with Crippen molar-refractivity contribution in [1.29, 1.82) is 0 Å². The molecule has 0 saturated heterocycles. The predicted molar refractivity (Wildman–Crippen MR) is 64.3 cm³/mol. The van der Waals surface area contributed by atoms with Crippen LogP contribution in [0.25, 0.3) is 0 Å². The smallest absolute Gasteiger partial charge is 0.0839 e. The number of aliphatic hydroxyl groups excluding tert-OH is 1. The van der Waals surface area contributed by atoms with E-state index in [1.807, 2.05) is 25.2 Å². The molecule has 0 spiro atoms. The molecule has 2 N–H and O–H groups in total. The lowest BCUT2D eigenvalue weighted by Gasteiger charge is -2.25. The zero-order valence-corrected chi connectivity index (χ0v) is 9.48. The van der Waals surface area contributed by atoms with E-state index >= 15 is 0 Å². The van der Waals surface area contributed by atoms with E-state index in [2.05, 4.69) is 29.3 Å². The molecule has 1 aromatic carbocycles. The number of hydrogen-bond acceptors (Lipinski definition) is 3. The molecular formula is C12H20N2O. The first-order chi connectivity index (χ1) is 7.27. The van der Waals surface area contributed by atoms with Crippen LogP contribution in [0.4, 0.5) is 5.69 Å². The molecule has 0 aliphatic rings. The van der Waals surface area contributed by atoms with Crippen LogP contribution in [0.1, 0.15) is 6.92 Å². The van der Waals surface area contributed by atoms with Crippen LogP contribution in [0, 0.1) is 0 Å². The van der Waals surface area contributed by atoms with Crippen LogP contribution in [-0.4, -0.2) is 37.9 Å². The number of para-hydroxylation sites is 1. The standard InChI is InChI=1S/C12H20N2O/c1-3-14(10-12(15)9-13-2)11-7-5-4-6-8-11/h4-8,12-13,15H,3,9-10H2,1-2H3. The van der Waals surface area contributed by atoms with Gasteiger partial charge < -0.3 is 15.3 Å². The van der Waals surface area contributed by atoms with Crippen LogP contribution in [0.3, 0.4) is 0 Å². The summed E-state index contributed by atoms with van der Waals surface area (Å²) < 4.78 is 0. The molecule has 0 saturated carbocycles. The molecule has 1 unspecified atom stereocenters. The van der Waals surface area contributed by atoms with E-state index in [4.69, 9.17) is 0 Å². The summed E-state index contributed by atoms with van der Waals surface area (Å²) in [4.78, 5) is 2.17. The summed E-state index contributed by atoms with van der Waals surface area (Å²) in [5.41, 5.74) is 1.16. The first-order valence-corrected chi connectivity index (χ1v) is 5.40. The molecule has 0 heterocycles. The van der Waals surface area contributed by atoms with Gasteiger partial charge in [0.05, 0.1) is 6.10 Å². The molecule has 0 aliphatic carbocycles. The van der Waals surface area contributed by atoms with E-state index < -0.39 is 0 Å². The maximum absolute atomic E-state index is 9.71. The minimum absolute atomic E-state index is 0.324. The Balaban J connectivity index is 2.56. The molecule has 3 heteroatoms. The zero-order valence-electron chi connectivity index (χ0n) is 9.48. The Labute approximate surface area is 91.7 Å². The van der Waals surface area contributed by atoms with E-state index in [1.54, 1.807) is 0 Å². The molecule has 3 nitrogen and oxygen atoms in total. The van der Waals surface area contributed by atoms with Gasteiger partial charge in [-0.2, -0.15) is 0 Å². The van der Waals surface area contributed by atoms with Gasteiger partial charge in [0.2, 0.25) is 0 Å². The average molecular weight is 208 g/mol. The quantitative estimate of drug-likeness (QED) is 0.734. The largest absolute Gasteiger partial charge is 0.390 e. The maximum atomic E-state index is 9.71. The molecule has 84 valence electrons. The van der Waals surface area contributed by atoms with Crippen molar-refractivity contribution in [3.63, 3.8) is 0 Å². The molecule has 1 rings (SSSR count). The van der Waals surface area contributed by atoms with Crippen molar-refractivity contribution in [2.45, 2.75) is 13.0 Å². The van der Waals surface area contributed by atoms with Gasteiger partial charge in [0.1, 0.15) is 0 Å². The van der Waals surface area contributed by atoms with E-state index in [0.29, 0.717) is 13.1 Å². The van der Waals surface area contributed by atoms with Crippen LogP contribution in [0.2, 0.25) is 0 Å². The van der Waals surface area contributed by atoms with E-state index in [1.165, 1.54) is 0 Å². The maximum Gasteiger partial charge on any atom is 0.0839 e. The van der Waals surface area contributed by atoms with Gasteiger partial charge in [-0.3, -0.25) is 0 Å². The Kier molecular flexibility index (Phi) is 5.15. The van der Waals surface area contributed by atoms with Crippen molar-refractivity contribution in [3.05, 3.63) is 30.3 Å². The van der Waals surface area contributed by atoms with Gasteiger partial charge in [-0.1, -0.05) is 18.2 Å². The molecule has 0 aromatic heterocycles. The number of nitrogens with zero attached hydrogens (tertiary/aromatic N) is 1. The number of rotatable bonds is 6. The topological polar surface area (TPSA) is 35.5 Å². The van der Waals surface area contributed by atoms with Gasteiger partial charge >= 0.3 is 0 Å². The summed E-state index contributed by atoms with van der Waals surface area (Å²) in [5.74, 6) is 0. The average Bonchev–Trinajstić information content (AvgIpc) is 2.27. The van der Waals surface area contributed by atoms with Gasteiger partial charge in [0.15, 0.2) is 0 Å². The normalized spacial score (nSPS) is 12.5. The fourth-order valence-electron chi connectivity index (χ4n) is 1.61. The lowest BCUT2D eigenvalue weighted by Crippen LogP contribution is -2.37. The minimum Gasteiger partial charge on any atom is -0.390 e. The lowest BCUT2D eigenvalue weighted by atomic mass is 10.2. The summed E-state index contributed by atoms with van der Waals surface area (Å²) in [6, 6.07) is 10.2. The first-order valence-electron chi connectivity index (χ1n) is 5.40. The predicted octanol–water partition coefficient (Wildman–Crippen LogP) is 1.09.